The minimum absolute atomic E-state index is 0.0106. The number of esters is 2. The molecule has 158 valence electrons. The summed E-state index contributed by atoms with van der Waals surface area (Å²) in [4.78, 5) is 36.1. The Kier molecular flexibility index (Phi) is 6.77. The average molecular weight is 403 g/mol. The zero-order valence-electron chi connectivity index (χ0n) is 17.0. The maximum Gasteiger partial charge on any atom is 0.418 e. The number of nitrogens with one attached hydrogen (secondary N) is 1. The topological polar surface area (TPSA) is 90.9 Å². The molecule has 0 aliphatic heterocycles. The fourth-order valence-electron chi connectivity index (χ4n) is 4.98. The van der Waals surface area contributed by atoms with Gasteiger partial charge in [0.2, 0.25) is 0 Å². The number of hydrogen-bond donors (Lipinski definition) is 1. The first kappa shape index (κ1) is 21.1. The van der Waals surface area contributed by atoms with Crippen molar-refractivity contribution in [1.29, 1.82) is 0 Å². The number of amides is 1. The molecule has 29 heavy (non-hydrogen) atoms. The van der Waals surface area contributed by atoms with Crippen molar-refractivity contribution in [2.75, 3.05) is 13.7 Å². The van der Waals surface area contributed by atoms with Crippen molar-refractivity contribution < 1.29 is 28.6 Å². The summed E-state index contributed by atoms with van der Waals surface area (Å²) in [5.41, 5.74) is 0.245. The molecule has 2 fully saturated rings. The van der Waals surface area contributed by atoms with Crippen molar-refractivity contribution in [1.82, 2.24) is 5.32 Å². The summed E-state index contributed by atoms with van der Waals surface area (Å²) in [6, 6.07) is 9.80. The van der Waals surface area contributed by atoms with Gasteiger partial charge in [-0.05, 0) is 50.0 Å². The second-order valence-corrected chi connectivity index (χ2v) is 7.98. The van der Waals surface area contributed by atoms with E-state index in [4.69, 9.17) is 9.47 Å². The van der Waals surface area contributed by atoms with Crippen molar-refractivity contribution in [2.24, 2.45) is 11.8 Å². The third kappa shape index (κ3) is 5.08. The van der Waals surface area contributed by atoms with E-state index in [-0.39, 0.29) is 17.9 Å². The van der Waals surface area contributed by atoms with Gasteiger partial charge in [0, 0.05) is 12.5 Å². The first-order valence-electron chi connectivity index (χ1n) is 10.2. The third-order valence-corrected chi connectivity index (χ3v) is 6.02. The van der Waals surface area contributed by atoms with Crippen molar-refractivity contribution in [3.05, 3.63) is 35.9 Å². The van der Waals surface area contributed by atoms with Crippen molar-refractivity contribution in [2.45, 2.75) is 57.1 Å². The highest BCUT2D eigenvalue weighted by molar-refractivity contribution is 6.29. The largest absolute Gasteiger partial charge is 0.461 e. The molecule has 1 amide bonds. The number of fused-ring (bicyclic) bond motifs is 2. The van der Waals surface area contributed by atoms with Gasteiger partial charge in [-0.3, -0.25) is 0 Å². The molecule has 1 aromatic rings. The minimum atomic E-state index is -0.991. The van der Waals surface area contributed by atoms with E-state index >= 15 is 0 Å². The predicted molar refractivity (Wildman–Crippen MR) is 105 cm³/mol. The maximum absolute atomic E-state index is 12.3. The van der Waals surface area contributed by atoms with Crippen LogP contribution in [0.4, 0.5) is 4.79 Å². The van der Waals surface area contributed by atoms with E-state index in [2.05, 4.69) is 10.1 Å². The highest BCUT2D eigenvalue weighted by Gasteiger charge is 2.51. The number of benzene rings is 1. The molecule has 2 aliphatic rings. The van der Waals surface area contributed by atoms with Crippen LogP contribution in [0.2, 0.25) is 0 Å². The van der Waals surface area contributed by atoms with Gasteiger partial charge in [0.05, 0.1) is 13.7 Å². The van der Waals surface area contributed by atoms with Crippen LogP contribution in [0.3, 0.4) is 0 Å². The van der Waals surface area contributed by atoms with E-state index in [1.807, 2.05) is 30.3 Å². The molecule has 2 unspecified atom stereocenters. The average Bonchev–Trinajstić information content (AvgIpc) is 2.69. The Bertz CT molecular complexity index is 720. The molecule has 1 N–H and O–H groups in total. The van der Waals surface area contributed by atoms with Gasteiger partial charge in [-0.1, -0.05) is 36.8 Å². The van der Waals surface area contributed by atoms with Crippen LogP contribution >= 0.6 is 0 Å². The number of rotatable bonds is 5. The molecule has 0 aromatic heterocycles. The summed E-state index contributed by atoms with van der Waals surface area (Å²) in [6.45, 7) is 2.10. The summed E-state index contributed by atoms with van der Waals surface area (Å²) in [6.07, 6.45) is 4.21. The lowest BCUT2D eigenvalue weighted by atomic mass is 9.61. The molecule has 0 spiro atoms. The maximum atomic E-state index is 12.3. The SMILES string of the molecule is CCOC(=O)NC1C2CCCC1CC(Cc1ccccc1)(OC(=O)C(=O)OC)C2. The normalized spacial score (nSPS) is 28.1. The second kappa shape index (κ2) is 9.29. The Balaban J connectivity index is 1.84. The smallest absolute Gasteiger partial charge is 0.418 e. The molecule has 1 aromatic carbocycles. The number of ether oxygens (including phenoxy) is 3. The number of hydrogen-bond acceptors (Lipinski definition) is 6. The van der Waals surface area contributed by atoms with Crippen LogP contribution in [0.25, 0.3) is 0 Å². The second-order valence-electron chi connectivity index (χ2n) is 7.98. The van der Waals surface area contributed by atoms with Gasteiger partial charge in [-0.25, -0.2) is 14.4 Å². The summed E-state index contributed by atoms with van der Waals surface area (Å²) in [7, 11) is 1.17. The van der Waals surface area contributed by atoms with Crippen molar-refractivity contribution in [3.8, 4) is 0 Å². The molecule has 2 aliphatic carbocycles. The quantitative estimate of drug-likeness (QED) is 0.462. The van der Waals surface area contributed by atoms with Gasteiger partial charge in [-0.15, -0.1) is 0 Å². The zero-order valence-corrected chi connectivity index (χ0v) is 17.0. The first-order valence-corrected chi connectivity index (χ1v) is 10.2. The Morgan fingerprint density at radius 2 is 1.72 bits per heavy atom. The van der Waals surface area contributed by atoms with Gasteiger partial charge in [0.25, 0.3) is 0 Å². The Hall–Kier alpha value is -2.57. The van der Waals surface area contributed by atoms with Gasteiger partial charge >= 0.3 is 18.0 Å². The number of methoxy groups -OCH3 is 1. The van der Waals surface area contributed by atoms with Gasteiger partial charge in [0.1, 0.15) is 5.60 Å². The van der Waals surface area contributed by atoms with Crippen molar-refractivity contribution in [3.63, 3.8) is 0 Å². The summed E-state index contributed by atoms with van der Waals surface area (Å²) in [5.74, 6) is -1.64. The molecular weight excluding hydrogens is 374 g/mol. The van der Waals surface area contributed by atoms with Crippen LogP contribution in [-0.4, -0.2) is 43.4 Å². The predicted octanol–water partition coefficient (Wildman–Crippen LogP) is 3.01. The lowest BCUT2D eigenvalue weighted by Crippen LogP contribution is -2.58. The van der Waals surface area contributed by atoms with E-state index in [1.54, 1.807) is 6.92 Å². The molecule has 2 bridgehead atoms. The van der Waals surface area contributed by atoms with Crippen LogP contribution in [0, 0.1) is 11.8 Å². The number of carbonyl (C=O) groups is 3. The fraction of sp³-hybridized carbons (Fsp3) is 0.591. The Morgan fingerprint density at radius 1 is 1.07 bits per heavy atom. The molecule has 0 heterocycles. The summed E-state index contributed by atoms with van der Waals surface area (Å²) in [5, 5.41) is 3.02. The van der Waals surface area contributed by atoms with Crippen LogP contribution in [0.1, 0.15) is 44.6 Å². The van der Waals surface area contributed by atoms with Crippen LogP contribution in [0.15, 0.2) is 30.3 Å². The number of carbonyl (C=O) groups excluding carboxylic acids is 3. The summed E-state index contributed by atoms with van der Waals surface area (Å²) < 4.78 is 15.4. The third-order valence-electron chi connectivity index (χ3n) is 6.02. The molecule has 7 nitrogen and oxygen atoms in total. The van der Waals surface area contributed by atoms with Gasteiger partial charge < -0.3 is 19.5 Å². The molecule has 2 atom stereocenters. The molecule has 7 heteroatoms. The highest BCUT2D eigenvalue weighted by Crippen LogP contribution is 2.47. The molecule has 3 rings (SSSR count). The van der Waals surface area contributed by atoms with Crippen LogP contribution in [-0.2, 0) is 30.2 Å². The van der Waals surface area contributed by atoms with E-state index in [1.165, 1.54) is 7.11 Å². The van der Waals surface area contributed by atoms with E-state index in [0.29, 0.717) is 25.9 Å². The summed E-state index contributed by atoms with van der Waals surface area (Å²) >= 11 is 0. The monoisotopic (exact) mass is 403 g/mol. The lowest BCUT2D eigenvalue weighted by Gasteiger charge is -2.51. The van der Waals surface area contributed by atoms with E-state index < -0.39 is 23.6 Å². The standard InChI is InChI=1S/C22H29NO6/c1-3-28-21(26)23-18-16-10-7-11-17(18)14-22(13-16,29-20(25)19(24)27-2)12-15-8-5-4-6-9-15/h4-6,8-9,16-18H,3,7,10-14H2,1-2H3,(H,23,26). The minimum Gasteiger partial charge on any atom is -0.461 e. The fourth-order valence-corrected chi connectivity index (χ4v) is 4.98. The molecule has 2 saturated carbocycles. The zero-order chi connectivity index (χ0) is 20.9. The van der Waals surface area contributed by atoms with Crippen LogP contribution in [0.5, 0.6) is 0 Å². The molecular formula is C22H29NO6. The lowest BCUT2D eigenvalue weighted by molar-refractivity contribution is -0.183. The Labute approximate surface area is 171 Å². The van der Waals surface area contributed by atoms with E-state index in [9.17, 15) is 14.4 Å². The Morgan fingerprint density at radius 3 is 2.31 bits per heavy atom. The first-order chi connectivity index (χ1) is 14.0. The van der Waals surface area contributed by atoms with Gasteiger partial charge in [0.15, 0.2) is 0 Å². The van der Waals surface area contributed by atoms with Crippen molar-refractivity contribution >= 4 is 18.0 Å². The molecule has 0 saturated heterocycles. The van der Waals surface area contributed by atoms with Gasteiger partial charge in [-0.2, -0.15) is 0 Å². The van der Waals surface area contributed by atoms with E-state index in [0.717, 1.165) is 24.8 Å². The number of alkyl carbamates (subject to hydrolysis) is 1. The highest BCUT2D eigenvalue weighted by atomic mass is 16.6. The molecule has 0 radical (unpaired) electrons. The van der Waals surface area contributed by atoms with Crippen LogP contribution < -0.4 is 5.32 Å².